The highest BCUT2D eigenvalue weighted by atomic mass is 35.5. The van der Waals surface area contributed by atoms with E-state index in [1.165, 1.54) is 17.0 Å². The SMILES string of the molecule is CCOC(=O)N1c2c(Cl)cc(Cl)cc2[C@@H](N(Cc2cc(C(F)(F)F)cc(C(F)(F)F)c2)C(=O)OC)C[C@H]1C. The highest BCUT2D eigenvalue weighted by Gasteiger charge is 2.42. The molecule has 2 aromatic carbocycles. The number of alkyl halides is 6. The smallest absolute Gasteiger partial charge is 0.416 e. The van der Waals surface area contributed by atoms with Crippen molar-refractivity contribution in [1.29, 1.82) is 0 Å². The van der Waals surface area contributed by atoms with E-state index in [9.17, 15) is 35.9 Å². The second-order valence-electron chi connectivity index (χ2n) is 8.51. The molecule has 0 N–H and O–H groups in total. The number of hydrogen-bond acceptors (Lipinski definition) is 4. The Morgan fingerprint density at radius 1 is 1.03 bits per heavy atom. The van der Waals surface area contributed by atoms with Crippen LogP contribution in [0.15, 0.2) is 30.3 Å². The normalized spacial score (nSPS) is 17.6. The maximum absolute atomic E-state index is 13.4. The van der Waals surface area contributed by atoms with E-state index >= 15 is 0 Å². The number of hydrogen-bond donors (Lipinski definition) is 0. The number of ether oxygens (including phenoxy) is 2. The lowest BCUT2D eigenvalue weighted by Crippen LogP contribution is -2.47. The highest BCUT2D eigenvalue weighted by Crippen LogP contribution is 2.47. The Kier molecular flexibility index (Phi) is 8.67. The lowest BCUT2D eigenvalue weighted by atomic mass is 9.90. The third kappa shape index (κ3) is 6.23. The molecule has 3 rings (SSSR count). The number of amides is 2. The van der Waals surface area contributed by atoms with Crippen molar-refractivity contribution in [2.75, 3.05) is 18.6 Å². The summed E-state index contributed by atoms with van der Waals surface area (Å²) < 4.78 is 90.5. The van der Waals surface area contributed by atoms with E-state index in [0.717, 1.165) is 12.0 Å². The number of carbonyl (C=O) groups is 2. The van der Waals surface area contributed by atoms with Crippen LogP contribution in [0.25, 0.3) is 0 Å². The van der Waals surface area contributed by atoms with Gasteiger partial charge in [0, 0.05) is 23.2 Å². The predicted molar refractivity (Wildman–Crippen MR) is 127 cm³/mol. The van der Waals surface area contributed by atoms with Crippen molar-refractivity contribution < 1.29 is 45.4 Å². The Balaban J connectivity index is 2.17. The number of anilines is 1. The molecule has 1 heterocycles. The molecule has 1 aliphatic heterocycles. The molecule has 6 nitrogen and oxygen atoms in total. The van der Waals surface area contributed by atoms with Gasteiger partial charge in [-0.2, -0.15) is 26.3 Å². The van der Waals surface area contributed by atoms with Gasteiger partial charge in [0.1, 0.15) is 0 Å². The molecule has 0 aromatic heterocycles. The molecule has 2 atom stereocenters. The maximum atomic E-state index is 13.4. The summed E-state index contributed by atoms with van der Waals surface area (Å²) in [6.45, 7) is 2.60. The average Bonchev–Trinajstić information content (AvgIpc) is 2.80. The van der Waals surface area contributed by atoms with Gasteiger partial charge in [-0.1, -0.05) is 23.2 Å². The van der Waals surface area contributed by atoms with Crippen LogP contribution in [0.4, 0.5) is 41.6 Å². The van der Waals surface area contributed by atoms with E-state index in [2.05, 4.69) is 0 Å². The Morgan fingerprint density at radius 3 is 2.11 bits per heavy atom. The molecular formula is C24H22Cl2F6N2O4. The second kappa shape index (κ2) is 11.1. The van der Waals surface area contributed by atoms with E-state index in [4.69, 9.17) is 32.7 Å². The van der Waals surface area contributed by atoms with Gasteiger partial charge in [0.2, 0.25) is 0 Å². The zero-order valence-electron chi connectivity index (χ0n) is 20.2. The van der Waals surface area contributed by atoms with Crippen molar-refractivity contribution in [2.45, 2.75) is 51.2 Å². The van der Waals surface area contributed by atoms with Crippen molar-refractivity contribution in [3.63, 3.8) is 0 Å². The summed E-state index contributed by atoms with van der Waals surface area (Å²) in [7, 11) is 1.02. The van der Waals surface area contributed by atoms with Crippen LogP contribution >= 0.6 is 23.2 Å². The third-order valence-electron chi connectivity index (χ3n) is 5.91. The van der Waals surface area contributed by atoms with Gasteiger partial charge in [0.05, 0.1) is 41.6 Å². The van der Waals surface area contributed by atoms with Crippen molar-refractivity contribution >= 4 is 41.1 Å². The molecule has 0 aliphatic carbocycles. The number of carbonyl (C=O) groups excluding carboxylic acids is 2. The molecule has 2 amide bonds. The monoisotopic (exact) mass is 586 g/mol. The highest BCUT2D eigenvalue weighted by molar-refractivity contribution is 6.37. The zero-order chi connectivity index (χ0) is 28.6. The summed E-state index contributed by atoms with van der Waals surface area (Å²) in [5.74, 6) is 0. The Hall–Kier alpha value is -2.86. The summed E-state index contributed by atoms with van der Waals surface area (Å²) in [6, 6.07) is 2.20. The van der Waals surface area contributed by atoms with E-state index in [1.54, 1.807) is 13.8 Å². The second-order valence-corrected chi connectivity index (χ2v) is 9.35. The largest absolute Gasteiger partial charge is 0.453 e. The minimum atomic E-state index is -5.07. The number of halogens is 8. The first-order valence-corrected chi connectivity index (χ1v) is 11.9. The van der Waals surface area contributed by atoms with Gasteiger partial charge in [-0.15, -0.1) is 0 Å². The first kappa shape index (κ1) is 29.7. The molecule has 0 saturated carbocycles. The topological polar surface area (TPSA) is 59.1 Å². The van der Waals surface area contributed by atoms with Gasteiger partial charge in [-0.3, -0.25) is 9.80 Å². The minimum absolute atomic E-state index is 0.000726. The van der Waals surface area contributed by atoms with Crippen LogP contribution in [0.5, 0.6) is 0 Å². The number of fused-ring (bicyclic) bond motifs is 1. The minimum Gasteiger partial charge on any atom is -0.453 e. The van der Waals surface area contributed by atoms with Gasteiger partial charge < -0.3 is 9.47 Å². The van der Waals surface area contributed by atoms with Crippen molar-refractivity contribution in [3.05, 3.63) is 62.6 Å². The van der Waals surface area contributed by atoms with Crippen LogP contribution in [-0.4, -0.2) is 36.8 Å². The van der Waals surface area contributed by atoms with Crippen LogP contribution in [0, 0.1) is 0 Å². The van der Waals surface area contributed by atoms with Crippen LogP contribution < -0.4 is 4.90 Å². The molecule has 0 spiro atoms. The van der Waals surface area contributed by atoms with Crippen molar-refractivity contribution in [1.82, 2.24) is 4.90 Å². The number of methoxy groups -OCH3 is 1. The molecule has 0 bridgehead atoms. The first-order chi connectivity index (χ1) is 17.6. The summed E-state index contributed by atoms with van der Waals surface area (Å²) in [4.78, 5) is 27.8. The van der Waals surface area contributed by atoms with E-state index in [1.807, 2.05) is 0 Å². The predicted octanol–water partition coefficient (Wildman–Crippen LogP) is 8.10. The molecule has 0 fully saturated rings. The summed E-state index contributed by atoms with van der Waals surface area (Å²) in [5, 5.41) is 0.153. The number of nitrogens with zero attached hydrogens (tertiary/aromatic N) is 2. The van der Waals surface area contributed by atoms with E-state index in [-0.39, 0.29) is 40.4 Å². The third-order valence-corrected chi connectivity index (χ3v) is 6.42. The Morgan fingerprint density at radius 2 is 1.61 bits per heavy atom. The fourth-order valence-corrected chi connectivity index (χ4v) is 4.96. The fraction of sp³-hybridized carbons (Fsp3) is 0.417. The maximum Gasteiger partial charge on any atom is 0.416 e. The molecule has 2 aromatic rings. The lowest BCUT2D eigenvalue weighted by Gasteiger charge is -2.43. The van der Waals surface area contributed by atoms with E-state index < -0.39 is 59.9 Å². The molecule has 0 unspecified atom stereocenters. The quantitative estimate of drug-likeness (QED) is 0.340. The van der Waals surface area contributed by atoms with Crippen LogP contribution in [0.3, 0.4) is 0 Å². The molecular weight excluding hydrogens is 565 g/mol. The summed E-state index contributed by atoms with van der Waals surface area (Å²) >= 11 is 12.6. The Bertz CT molecular complexity index is 1190. The van der Waals surface area contributed by atoms with Crippen LogP contribution in [0.2, 0.25) is 10.0 Å². The van der Waals surface area contributed by atoms with Crippen molar-refractivity contribution in [2.24, 2.45) is 0 Å². The van der Waals surface area contributed by atoms with Gasteiger partial charge in [0.25, 0.3) is 0 Å². The lowest BCUT2D eigenvalue weighted by molar-refractivity contribution is -0.143. The van der Waals surface area contributed by atoms with Gasteiger partial charge in [-0.05, 0) is 56.2 Å². The first-order valence-electron chi connectivity index (χ1n) is 11.2. The zero-order valence-corrected chi connectivity index (χ0v) is 21.7. The van der Waals surface area contributed by atoms with Gasteiger partial charge in [0.15, 0.2) is 0 Å². The van der Waals surface area contributed by atoms with Gasteiger partial charge >= 0.3 is 24.5 Å². The summed E-state index contributed by atoms with van der Waals surface area (Å²) in [5.41, 5.74) is -3.10. The van der Waals surface area contributed by atoms with E-state index in [0.29, 0.717) is 12.1 Å². The average molecular weight is 587 g/mol. The molecule has 14 heteroatoms. The molecule has 0 radical (unpaired) electrons. The van der Waals surface area contributed by atoms with Crippen molar-refractivity contribution in [3.8, 4) is 0 Å². The molecule has 38 heavy (non-hydrogen) atoms. The van der Waals surface area contributed by atoms with Gasteiger partial charge in [-0.25, -0.2) is 9.59 Å². The van der Waals surface area contributed by atoms with Crippen LogP contribution in [-0.2, 0) is 28.4 Å². The molecule has 1 aliphatic rings. The summed E-state index contributed by atoms with van der Waals surface area (Å²) in [6.07, 6.45) is -11.9. The Labute approximate surface area is 224 Å². The molecule has 0 saturated heterocycles. The fourth-order valence-electron chi connectivity index (χ4n) is 4.36. The number of benzene rings is 2. The standard InChI is InChI=1S/C24H22Cl2F6N2O4/c1-4-38-22(36)34-12(2)5-19(17-9-16(25)10-18(26)20(17)34)33(21(35)37-3)11-13-6-14(23(27,28)29)8-15(7-13)24(30,31)32/h6-10,12,19H,4-5,11H2,1-3H3/t12-,19+/m1/s1. The molecule has 208 valence electrons. The number of rotatable bonds is 4. The van der Waals surface area contributed by atoms with Crippen LogP contribution in [0.1, 0.15) is 48.6 Å².